The summed E-state index contributed by atoms with van der Waals surface area (Å²) in [6.45, 7) is 1.20. The lowest BCUT2D eigenvalue weighted by atomic mass is 10.1. The molecular formula is C14H18BrN. The van der Waals surface area contributed by atoms with Crippen molar-refractivity contribution in [2.24, 2.45) is 5.92 Å². The van der Waals surface area contributed by atoms with Crippen LogP contribution in [0.25, 0.3) is 0 Å². The average Bonchev–Trinajstić information content (AvgIpc) is 3.00. The minimum atomic E-state index is 0.613. The third kappa shape index (κ3) is 2.33. The lowest BCUT2D eigenvalue weighted by Gasteiger charge is -2.13. The van der Waals surface area contributed by atoms with Crippen molar-refractivity contribution in [3.63, 3.8) is 0 Å². The van der Waals surface area contributed by atoms with Crippen molar-refractivity contribution in [1.29, 1.82) is 0 Å². The summed E-state index contributed by atoms with van der Waals surface area (Å²) in [5.74, 6) is 1.04. The Labute approximate surface area is 106 Å². The Hall–Kier alpha value is -0.340. The molecule has 1 nitrogen and oxygen atoms in total. The van der Waals surface area contributed by atoms with Gasteiger partial charge in [0.2, 0.25) is 0 Å². The molecule has 3 rings (SSSR count). The molecule has 86 valence electrons. The van der Waals surface area contributed by atoms with Crippen molar-refractivity contribution in [1.82, 2.24) is 5.32 Å². The number of halogens is 1. The number of rotatable bonds is 4. The molecule has 1 aromatic carbocycles. The van der Waals surface area contributed by atoms with Gasteiger partial charge in [-0.15, -0.1) is 0 Å². The summed E-state index contributed by atoms with van der Waals surface area (Å²) in [6, 6.07) is 7.33. The molecule has 0 amide bonds. The number of hydrogen-bond acceptors (Lipinski definition) is 1. The van der Waals surface area contributed by atoms with Crippen LogP contribution in [0.15, 0.2) is 22.7 Å². The van der Waals surface area contributed by atoms with Crippen LogP contribution in [0.4, 0.5) is 0 Å². The fourth-order valence-corrected chi connectivity index (χ4v) is 3.07. The first-order valence-electron chi connectivity index (χ1n) is 6.34. The van der Waals surface area contributed by atoms with E-state index in [1.54, 1.807) is 0 Å². The molecule has 1 aromatic rings. The van der Waals surface area contributed by atoms with E-state index in [9.17, 15) is 0 Å². The summed E-state index contributed by atoms with van der Waals surface area (Å²) in [5, 5.41) is 3.71. The fraction of sp³-hybridized carbons (Fsp3) is 0.571. The highest BCUT2D eigenvalue weighted by molar-refractivity contribution is 9.10. The Morgan fingerprint density at radius 1 is 1.25 bits per heavy atom. The summed E-state index contributed by atoms with van der Waals surface area (Å²) in [4.78, 5) is 0. The van der Waals surface area contributed by atoms with E-state index in [2.05, 4.69) is 39.4 Å². The Kier molecular flexibility index (Phi) is 3.03. The van der Waals surface area contributed by atoms with Crippen LogP contribution in [0, 0.1) is 5.92 Å². The van der Waals surface area contributed by atoms with Gasteiger partial charge in [0.1, 0.15) is 0 Å². The lowest BCUT2D eigenvalue weighted by molar-refractivity contribution is 0.507. The maximum absolute atomic E-state index is 3.71. The molecule has 0 aromatic heterocycles. The van der Waals surface area contributed by atoms with Crippen molar-refractivity contribution in [3.8, 4) is 0 Å². The minimum absolute atomic E-state index is 0.613. The standard InChI is InChI=1S/C14H18BrN/c15-12-4-5-13-11(9-12)3-6-14(13)16-8-7-10-1-2-10/h4-5,9-10,14,16H,1-3,6-8H2. The average molecular weight is 280 g/mol. The van der Waals surface area contributed by atoms with E-state index in [1.807, 2.05) is 0 Å². The highest BCUT2D eigenvalue weighted by Crippen LogP contribution is 2.34. The van der Waals surface area contributed by atoms with Gasteiger partial charge in [-0.05, 0) is 55.0 Å². The van der Waals surface area contributed by atoms with Crippen molar-refractivity contribution >= 4 is 15.9 Å². The van der Waals surface area contributed by atoms with Crippen molar-refractivity contribution in [3.05, 3.63) is 33.8 Å². The zero-order valence-electron chi connectivity index (χ0n) is 9.51. The van der Waals surface area contributed by atoms with Gasteiger partial charge in [0.15, 0.2) is 0 Å². The molecule has 1 unspecified atom stereocenters. The predicted molar refractivity (Wildman–Crippen MR) is 70.5 cm³/mol. The second-order valence-corrected chi connectivity index (χ2v) is 6.04. The Bertz CT molecular complexity index is 384. The lowest BCUT2D eigenvalue weighted by Crippen LogP contribution is -2.20. The van der Waals surface area contributed by atoms with E-state index in [4.69, 9.17) is 0 Å². The highest BCUT2D eigenvalue weighted by Gasteiger charge is 2.24. The van der Waals surface area contributed by atoms with Crippen LogP contribution in [0.2, 0.25) is 0 Å². The largest absolute Gasteiger partial charge is 0.310 e. The molecule has 2 aliphatic carbocycles. The van der Waals surface area contributed by atoms with Gasteiger partial charge in [0.25, 0.3) is 0 Å². The van der Waals surface area contributed by atoms with Crippen LogP contribution in [-0.2, 0) is 6.42 Å². The second kappa shape index (κ2) is 4.50. The molecule has 1 fully saturated rings. The molecular weight excluding hydrogens is 262 g/mol. The Balaban J connectivity index is 1.61. The molecule has 0 heterocycles. The van der Waals surface area contributed by atoms with Crippen LogP contribution in [0.1, 0.15) is 42.9 Å². The van der Waals surface area contributed by atoms with Crippen LogP contribution in [0.3, 0.4) is 0 Å². The Morgan fingerprint density at radius 3 is 2.94 bits per heavy atom. The van der Waals surface area contributed by atoms with Gasteiger partial charge in [-0.3, -0.25) is 0 Å². The highest BCUT2D eigenvalue weighted by atomic mass is 79.9. The molecule has 0 spiro atoms. The molecule has 2 aliphatic rings. The first kappa shape index (κ1) is 10.8. The zero-order chi connectivity index (χ0) is 11.0. The molecule has 1 saturated carbocycles. The maximum atomic E-state index is 3.71. The van der Waals surface area contributed by atoms with Crippen molar-refractivity contribution < 1.29 is 0 Å². The van der Waals surface area contributed by atoms with Crippen LogP contribution in [0.5, 0.6) is 0 Å². The molecule has 0 radical (unpaired) electrons. The number of nitrogens with one attached hydrogen (secondary N) is 1. The van der Waals surface area contributed by atoms with E-state index in [1.165, 1.54) is 54.2 Å². The SMILES string of the molecule is Brc1ccc2c(c1)CCC2NCCC1CC1. The summed E-state index contributed by atoms with van der Waals surface area (Å²) in [6.07, 6.45) is 6.82. The molecule has 1 atom stereocenters. The van der Waals surface area contributed by atoms with Crippen LogP contribution >= 0.6 is 15.9 Å². The smallest absolute Gasteiger partial charge is 0.0326 e. The van der Waals surface area contributed by atoms with Gasteiger partial charge in [-0.1, -0.05) is 34.8 Å². The normalized spacial score (nSPS) is 23.4. The fourth-order valence-electron chi connectivity index (χ4n) is 2.67. The van der Waals surface area contributed by atoms with E-state index in [-0.39, 0.29) is 0 Å². The molecule has 0 aliphatic heterocycles. The van der Waals surface area contributed by atoms with Gasteiger partial charge in [0, 0.05) is 10.5 Å². The van der Waals surface area contributed by atoms with Gasteiger partial charge in [-0.25, -0.2) is 0 Å². The maximum Gasteiger partial charge on any atom is 0.0326 e. The summed E-state index contributed by atoms with van der Waals surface area (Å²) >= 11 is 3.54. The number of aryl methyl sites for hydroxylation is 1. The second-order valence-electron chi connectivity index (χ2n) is 5.12. The van der Waals surface area contributed by atoms with Gasteiger partial charge in [0.05, 0.1) is 0 Å². The Morgan fingerprint density at radius 2 is 2.12 bits per heavy atom. The number of hydrogen-bond donors (Lipinski definition) is 1. The molecule has 2 heteroatoms. The third-order valence-corrected chi connectivity index (χ3v) is 4.32. The first-order valence-corrected chi connectivity index (χ1v) is 7.14. The minimum Gasteiger partial charge on any atom is -0.310 e. The number of benzene rings is 1. The number of fused-ring (bicyclic) bond motifs is 1. The molecule has 1 N–H and O–H groups in total. The van der Waals surface area contributed by atoms with Gasteiger partial charge < -0.3 is 5.32 Å². The molecule has 0 bridgehead atoms. The van der Waals surface area contributed by atoms with Gasteiger partial charge >= 0.3 is 0 Å². The van der Waals surface area contributed by atoms with E-state index in [0.717, 1.165) is 5.92 Å². The predicted octanol–water partition coefficient (Wildman–Crippen LogP) is 3.83. The summed E-state index contributed by atoms with van der Waals surface area (Å²) in [7, 11) is 0. The summed E-state index contributed by atoms with van der Waals surface area (Å²) in [5.41, 5.74) is 3.05. The topological polar surface area (TPSA) is 12.0 Å². The molecule has 0 saturated heterocycles. The monoisotopic (exact) mass is 279 g/mol. The van der Waals surface area contributed by atoms with E-state index in [0.29, 0.717) is 6.04 Å². The van der Waals surface area contributed by atoms with E-state index >= 15 is 0 Å². The summed E-state index contributed by atoms with van der Waals surface area (Å²) < 4.78 is 1.21. The first-order chi connectivity index (χ1) is 7.83. The van der Waals surface area contributed by atoms with Crippen LogP contribution in [-0.4, -0.2) is 6.54 Å². The van der Waals surface area contributed by atoms with Crippen molar-refractivity contribution in [2.45, 2.75) is 38.1 Å². The van der Waals surface area contributed by atoms with Crippen LogP contribution < -0.4 is 5.32 Å². The van der Waals surface area contributed by atoms with E-state index < -0.39 is 0 Å². The quantitative estimate of drug-likeness (QED) is 0.884. The molecule has 16 heavy (non-hydrogen) atoms. The van der Waals surface area contributed by atoms with Gasteiger partial charge in [-0.2, -0.15) is 0 Å². The zero-order valence-corrected chi connectivity index (χ0v) is 11.1. The van der Waals surface area contributed by atoms with Crippen molar-refractivity contribution in [2.75, 3.05) is 6.54 Å². The third-order valence-electron chi connectivity index (χ3n) is 3.82.